The molecule has 0 saturated carbocycles. The second kappa shape index (κ2) is 18.8. The minimum absolute atomic E-state index is 0.298. The Labute approximate surface area is 208 Å². The lowest BCUT2D eigenvalue weighted by Gasteiger charge is -2.07. The molecule has 0 saturated heterocycles. The van der Waals surface area contributed by atoms with Gasteiger partial charge in [-0.3, -0.25) is 0 Å². The van der Waals surface area contributed by atoms with Gasteiger partial charge in [-0.25, -0.2) is 4.79 Å². The summed E-state index contributed by atoms with van der Waals surface area (Å²) in [5, 5.41) is 3.50. The third kappa shape index (κ3) is 13.9. The van der Waals surface area contributed by atoms with Crippen LogP contribution in [0.3, 0.4) is 0 Å². The van der Waals surface area contributed by atoms with Crippen LogP contribution in [0.1, 0.15) is 102 Å². The second-order valence-corrected chi connectivity index (χ2v) is 9.22. The standard InChI is InChI=1S/C31H45NO2/c1-2-3-4-5-6-7-8-9-10-11-12-13-17-26-32-30-23-20-28(21-24-30)22-25-31(33)34-27-29-18-15-14-16-19-29/h14-16,18-25,32H,2-13,17,26-27H2,1H3/b25-22+. The van der Waals surface area contributed by atoms with Crippen molar-refractivity contribution in [1.82, 2.24) is 0 Å². The number of rotatable bonds is 19. The lowest BCUT2D eigenvalue weighted by atomic mass is 10.0. The van der Waals surface area contributed by atoms with Gasteiger partial charge in [0.25, 0.3) is 0 Å². The van der Waals surface area contributed by atoms with Gasteiger partial charge in [0.05, 0.1) is 0 Å². The molecule has 0 bridgehead atoms. The molecule has 186 valence electrons. The Morgan fingerprint density at radius 1 is 0.735 bits per heavy atom. The predicted molar refractivity (Wildman–Crippen MR) is 146 cm³/mol. The molecule has 0 aliphatic rings. The summed E-state index contributed by atoms with van der Waals surface area (Å²) in [5.74, 6) is -0.325. The van der Waals surface area contributed by atoms with Crippen molar-refractivity contribution in [3.05, 3.63) is 71.8 Å². The minimum Gasteiger partial charge on any atom is -0.458 e. The van der Waals surface area contributed by atoms with Crippen molar-refractivity contribution in [2.24, 2.45) is 0 Å². The molecule has 0 radical (unpaired) electrons. The summed E-state index contributed by atoms with van der Waals surface area (Å²) in [6.45, 7) is 3.59. The van der Waals surface area contributed by atoms with Gasteiger partial charge in [0, 0.05) is 18.3 Å². The van der Waals surface area contributed by atoms with E-state index in [-0.39, 0.29) is 5.97 Å². The third-order valence-electron chi connectivity index (χ3n) is 6.16. The average Bonchev–Trinajstić information content (AvgIpc) is 2.87. The number of nitrogens with one attached hydrogen (secondary N) is 1. The lowest BCUT2D eigenvalue weighted by Crippen LogP contribution is -2.01. The highest BCUT2D eigenvalue weighted by Gasteiger charge is 1.99. The van der Waals surface area contributed by atoms with Crippen molar-refractivity contribution in [2.45, 2.75) is 97.0 Å². The first-order valence-electron chi connectivity index (χ1n) is 13.5. The molecule has 0 aliphatic heterocycles. The summed E-state index contributed by atoms with van der Waals surface area (Å²) in [5.41, 5.74) is 3.11. The quantitative estimate of drug-likeness (QED) is 0.128. The summed E-state index contributed by atoms with van der Waals surface area (Å²) in [7, 11) is 0. The van der Waals surface area contributed by atoms with Gasteiger partial charge in [0.1, 0.15) is 6.61 Å². The lowest BCUT2D eigenvalue weighted by molar-refractivity contribution is -0.138. The Bertz CT molecular complexity index is 783. The van der Waals surface area contributed by atoms with Crippen LogP contribution in [0.2, 0.25) is 0 Å². The van der Waals surface area contributed by atoms with E-state index in [9.17, 15) is 4.79 Å². The van der Waals surface area contributed by atoms with Gasteiger partial charge in [-0.05, 0) is 35.8 Å². The zero-order valence-electron chi connectivity index (χ0n) is 21.3. The topological polar surface area (TPSA) is 38.3 Å². The first-order chi connectivity index (χ1) is 16.8. The van der Waals surface area contributed by atoms with Crippen molar-refractivity contribution >= 4 is 17.7 Å². The summed E-state index contributed by atoms with van der Waals surface area (Å²) < 4.78 is 5.27. The van der Waals surface area contributed by atoms with Gasteiger partial charge in [0.2, 0.25) is 0 Å². The normalized spacial score (nSPS) is 11.1. The zero-order valence-corrected chi connectivity index (χ0v) is 21.3. The molecule has 34 heavy (non-hydrogen) atoms. The fourth-order valence-corrected chi connectivity index (χ4v) is 4.03. The number of benzene rings is 2. The number of esters is 1. The van der Waals surface area contributed by atoms with E-state index in [0.717, 1.165) is 23.4 Å². The number of unbranched alkanes of at least 4 members (excludes halogenated alkanes) is 12. The molecule has 3 heteroatoms. The molecule has 1 N–H and O–H groups in total. The van der Waals surface area contributed by atoms with E-state index >= 15 is 0 Å². The van der Waals surface area contributed by atoms with Crippen molar-refractivity contribution in [3.63, 3.8) is 0 Å². The highest BCUT2D eigenvalue weighted by molar-refractivity contribution is 5.87. The predicted octanol–water partition coefficient (Wildman–Crippen LogP) is 8.95. The first-order valence-corrected chi connectivity index (χ1v) is 13.5. The summed E-state index contributed by atoms with van der Waals surface area (Å²) in [6, 6.07) is 17.9. The van der Waals surface area contributed by atoms with E-state index in [1.807, 2.05) is 42.5 Å². The van der Waals surface area contributed by atoms with Crippen LogP contribution < -0.4 is 5.32 Å². The van der Waals surface area contributed by atoms with Gasteiger partial charge in [-0.2, -0.15) is 0 Å². The molecule has 2 rings (SSSR count). The highest BCUT2D eigenvalue weighted by Crippen LogP contribution is 2.14. The van der Waals surface area contributed by atoms with Crippen LogP contribution >= 0.6 is 0 Å². The Kier molecular flexibility index (Phi) is 15.3. The number of hydrogen-bond donors (Lipinski definition) is 1. The van der Waals surface area contributed by atoms with Crippen LogP contribution in [-0.2, 0) is 16.1 Å². The van der Waals surface area contributed by atoms with Crippen LogP contribution in [0.25, 0.3) is 6.08 Å². The Morgan fingerprint density at radius 2 is 1.29 bits per heavy atom. The number of carbonyl (C=O) groups is 1. The third-order valence-corrected chi connectivity index (χ3v) is 6.16. The molecular formula is C31H45NO2. The number of ether oxygens (including phenoxy) is 1. The first kappa shape index (κ1) is 27.7. The van der Waals surface area contributed by atoms with Crippen LogP contribution in [0.4, 0.5) is 5.69 Å². The van der Waals surface area contributed by atoms with Crippen LogP contribution in [0.5, 0.6) is 0 Å². The van der Waals surface area contributed by atoms with E-state index < -0.39 is 0 Å². The van der Waals surface area contributed by atoms with Gasteiger partial charge in [0.15, 0.2) is 0 Å². The fourth-order valence-electron chi connectivity index (χ4n) is 4.03. The van der Waals surface area contributed by atoms with Gasteiger partial charge >= 0.3 is 5.97 Å². The SMILES string of the molecule is CCCCCCCCCCCCCCCNc1ccc(/C=C/C(=O)OCc2ccccc2)cc1. The van der Waals surface area contributed by atoms with E-state index in [2.05, 4.69) is 24.4 Å². The molecule has 0 atom stereocenters. The maximum atomic E-state index is 11.9. The molecule has 2 aromatic rings. The highest BCUT2D eigenvalue weighted by atomic mass is 16.5. The summed E-state index contributed by atoms with van der Waals surface area (Å²) in [6.07, 6.45) is 21.2. The summed E-state index contributed by atoms with van der Waals surface area (Å²) in [4.78, 5) is 11.9. The van der Waals surface area contributed by atoms with Crippen LogP contribution in [0.15, 0.2) is 60.7 Å². The van der Waals surface area contributed by atoms with Gasteiger partial charge < -0.3 is 10.1 Å². The number of anilines is 1. The van der Waals surface area contributed by atoms with Gasteiger partial charge in [-0.1, -0.05) is 126 Å². The van der Waals surface area contributed by atoms with E-state index in [1.54, 1.807) is 6.08 Å². The molecule has 0 fully saturated rings. The van der Waals surface area contributed by atoms with Crippen molar-refractivity contribution in [1.29, 1.82) is 0 Å². The van der Waals surface area contributed by atoms with Crippen molar-refractivity contribution < 1.29 is 9.53 Å². The van der Waals surface area contributed by atoms with Gasteiger partial charge in [-0.15, -0.1) is 0 Å². The molecule has 0 spiro atoms. The second-order valence-electron chi connectivity index (χ2n) is 9.22. The number of carbonyl (C=O) groups excluding carboxylic acids is 1. The van der Waals surface area contributed by atoms with E-state index in [4.69, 9.17) is 4.74 Å². The molecule has 3 nitrogen and oxygen atoms in total. The van der Waals surface area contributed by atoms with E-state index in [0.29, 0.717) is 6.61 Å². The minimum atomic E-state index is -0.325. The van der Waals surface area contributed by atoms with E-state index in [1.165, 1.54) is 89.5 Å². The number of hydrogen-bond acceptors (Lipinski definition) is 3. The molecule has 0 aliphatic carbocycles. The van der Waals surface area contributed by atoms with Crippen LogP contribution in [0, 0.1) is 0 Å². The molecule has 0 amide bonds. The zero-order chi connectivity index (χ0) is 24.1. The molecule has 0 unspecified atom stereocenters. The average molecular weight is 464 g/mol. The molecular weight excluding hydrogens is 418 g/mol. The Morgan fingerprint density at radius 3 is 1.88 bits per heavy atom. The summed E-state index contributed by atoms with van der Waals surface area (Å²) >= 11 is 0. The van der Waals surface area contributed by atoms with Crippen LogP contribution in [-0.4, -0.2) is 12.5 Å². The molecule has 0 aromatic heterocycles. The largest absolute Gasteiger partial charge is 0.458 e. The maximum absolute atomic E-state index is 11.9. The monoisotopic (exact) mass is 463 g/mol. The maximum Gasteiger partial charge on any atom is 0.331 e. The van der Waals surface area contributed by atoms with Crippen molar-refractivity contribution in [3.8, 4) is 0 Å². The van der Waals surface area contributed by atoms with Crippen molar-refractivity contribution in [2.75, 3.05) is 11.9 Å². The fraction of sp³-hybridized carbons (Fsp3) is 0.516. The molecule has 0 heterocycles. The molecule has 2 aromatic carbocycles. The Hall–Kier alpha value is -2.55. The smallest absolute Gasteiger partial charge is 0.331 e. The Balaban J connectivity index is 1.45.